The predicted octanol–water partition coefficient (Wildman–Crippen LogP) is 1.98. The van der Waals surface area contributed by atoms with E-state index in [-0.39, 0.29) is 18.4 Å². The summed E-state index contributed by atoms with van der Waals surface area (Å²) in [6.07, 6.45) is 2.31. The molecule has 20 heavy (non-hydrogen) atoms. The molecule has 0 aliphatic carbocycles. The highest BCUT2D eigenvalue weighted by Gasteiger charge is 2.20. The van der Waals surface area contributed by atoms with E-state index in [2.05, 4.69) is 10.2 Å². The van der Waals surface area contributed by atoms with Crippen LogP contribution in [0.25, 0.3) is 0 Å². The Morgan fingerprint density at radius 1 is 1.50 bits per heavy atom. The van der Waals surface area contributed by atoms with E-state index in [4.69, 9.17) is 9.15 Å². The van der Waals surface area contributed by atoms with Gasteiger partial charge in [-0.3, -0.25) is 4.90 Å². The smallest absolute Gasteiger partial charge is 0.341 e. The Balaban J connectivity index is 0.00000200. The van der Waals surface area contributed by atoms with E-state index in [1.807, 2.05) is 7.05 Å². The molecule has 6 heteroatoms. The maximum Gasteiger partial charge on any atom is 0.341 e. The SMILES string of the molecule is CNC1CCN(Cc2cc(C(=O)OC)c(C)o2)CC1.Cl. The molecule has 0 atom stereocenters. The molecule has 1 saturated heterocycles. The van der Waals surface area contributed by atoms with Crippen LogP contribution in [0.3, 0.4) is 0 Å². The zero-order valence-corrected chi connectivity index (χ0v) is 13.1. The summed E-state index contributed by atoms with van der Waals surface area (Å²) >= 11 is 0. The maximum atomic E-state index is 11.5. The van der Waals surface area contributed by atoms with E-state index in [9.17, 15) is 4.79 Å². The number of likely N-dealkylation sites (tertiary alicyclic amines) is 1. The molecule has 5 nitrogen and oxygen atoms in total. The van der Waals surface area contributed by atoms with Crippen LogP contribution in [-0.4, -0.2) is 44.2 Å². The Kier molecular flexibility index (Phi) is 6.52. The number of piperidine rings is 1. The van der Waals surface area contributed by atoms with Crippen LogP contribution in [0.1, 0.15) is 34.7 Å². The topological polar surface area (TPSA) is 54.7 Å². The number of ether oxygens (including phenoxy) is 1. The van der Waals surface area contributed by atoms with Crippen molar-refractivity contribution >= 4 is 18.4 Å². The molecule has 0 spiro atoms. The first-order valence-corrected chi connectivity index (χ1v) is 6.71. The number of aryl methyl sites for hydroxylation is 1. The Morgan fingerprint density at radius 2 is 2.15 bits per heavy atom. The summed E-state index contributed by atoms with van der Waals surface area (Å²) in [7, 11) is 3.40. The highest BCUT2D eigenvalue weighted by atomic mass is 35.5. The van der Waals surface area contributed by atoms with Crippen LogP contribution in [0.2, 0.25) is 0 Å². The summed E-state index contributed by atoms with van der Waals surface area (Å²) in [6, 6.07) is 2.42. The largest absolute Gasteiger partial charge is 0.465 e. The van der Waals surface area contributed by atoms with E-state index in [0.717, 1.165) is 38.2 Å². The molecule has 2 heterocycles. The summed E-state index contributed by atoms with van der Waals surface area (Å²) in [5, 5.41) is 3.31. The molecule has 0 unspecified atom stereocenters. The van der Waals surface area contributed by atoms with E-state index in [1.165, 1.54) is 7.11 Å². The zero-order chi connectivity index (χ0) is 13.8. The van der Waals surface area contributed by atoms with Gasteiger partial charge < -0.3 is 14.5 Å². The van der Waals surface area contributed by atoms with Crippen molar-refractivity contribution in [1.29, 1.82) is 0 Å². The summed E-state index contributed by atoms with van der Waals surface area (Å²) in [5.74, 6) is 1.13. The van der Waals surface area contributed by atoms with E-state index in [1.54, 1.807) is 13.0 Å². The van der Waals surface area contributed by atoms with Gasteiger partial charge in [-0.2, -0.15) is 0 Å². The quantitative estimate of drug-likeness (QED) is 0.862. The lowest BCUT2D eigenvalue weighted by Crippen LogP contribution is -2.40. The number of hydrogen-bond donors (Lipinski definition) is 1. The van der Waals surface area contributed by atoms with Crippen LogP contribution in [0.5, 0.6) is 0 Å². The van der Waals surface area contributed by atoms with Gasteiger partial charge in [0.05, 0.1) is 13.7 Å². The van der Waals surface area contributed by atoms with Gasteiger partial charge in [-0.15, -0.1) is 12.4 Å². The summed E-state index contributed by atoms with van der Waals surface area (Å²) < 4.78 is 10.4. The van der Waals surface area contributed by atoms with Crippen molar-refractivity contribution in [3.05, 3.63) is 23.2 Å². The van der Waals surface area contributed by atoms with Crippen LogP contribution in [0.15, 0.2) is 10.5 Å². The summed E-state index contributed by atoms with van der Waals surface area (Å²) in [5.41, 5.74) is 0.530. The average molecular weight is 303 g/mol. The first-order chi connectivity index (χ1) is 9.13. The lowest BCUT2D eigenvalue weighted by atomic mass is 10.1. The molecule has 1 aromatic heterocycles. The number of hydrogen-bond acceptors (Lipinski definition) is 5. The first kappa shape index (κ1) is 17.0. The predicted molar refractivity (Wildman–Crippen MR) is 79.4 cm³/mol. The summed E-state index contributed by atoms with van der Waals surface area (Å²) in [6.45, 7) is 4.66. The van der Waals surface area contributed by atoms with Gasteiger partial charge in [0.25, 0.3) is 0 Å². The third-order valence-electron chi connectivity index (χ3n) is 3.75. The fourth-order valence-corrected chi connectivity index (χ4v) is 2.53. The van der Waals surface area contributed by atoms with E-state index >= 15 is 0 Å². The van der Waals surface area contributed by atoms with Gasteiger partial charge in [0.1, 0.15) is 17.1 Å². The molecular formula is C14H23ClN2O3. The third-order valence-corrected chi connectivity index (χ3v) is 3.75. The van der Waals surface area contributed by atoms with Crippen molar-refractivity contribution in [2.24, 2.45) is 0 Å². The van der Waals surface area contributed by atoms with Gasteiger partial charge in [0.15, 0.2) is 0 Å². The highest BCUT2D eigenvalue weighted by molar-refractivity contribution is 5.90. The highest BCUT2D eigenvalue weighted by Crippen LogP contribution is 2.19. The monoisotopic (exact) mass is 302 g/mol. The number of esters is 1. The molecular weight excluding hydrogens is 280 g/mol. The average Bonchev–Trinajstić information content (AvgIpc) is 2.79. The van der Waals surface area contributed by atoms with Crippen LogP contribution in [-0.2, 0) is 11.3 Å². The molecule has 0 amide bonds. The lowest BCUT2D eigenvalue weighted by molar-refractivity contribution is 0.0599. The molecule has 1 aromatic rings. The Bertz CT molecular complexity index is 440. The Labute approximate surface area is 126 Å². The second-order valence-electron chi connectivity index (χ2n) is 5.01. The number of carbonyl (C=O) groups excluding carboxylic acids is 1. The van der Waals surface area contributed by atoms with Crippen molar-refractivity contribution in [1.82, 2.24) is 10.2 Å². The zero-order valence-electron chi connectivity index (χ0n) is 12.3. The molecule has 0 aromatic carbocycles. The number of furan rings is 1. The molecule has 2 rings (SSSR count). The van der Waals surface area contributed by atoms with Crippen molar-refractivity contribution < 1.29 is 13.9 Å². The number of nitrogens with zero attached hydrogens (tertiary/aromatic N) is 1. The van der Waals surface area contributed by atoms with E-state index in [0.29, 0.717) is 17.4 Å². The standard InChI is InChI=1S/C14H22N2O3.ClH/c1-10-13(14(17)18-3)8-12(19-10)9-16-6-4-11(15-2)5-7-16;/h8,11,15H,4-7,9H2,1-3H3;1H. The van der Waals surface area contributed by atoms with Crippen molar-refractivity contribution in [3.8, 4) is 0 Å². The van der Waals surface area contributed by atoms with Crippen molar-refractivity contribution in [3.63, 3.8) is 0 Å². The molecule has 1 fully saturated rings. The second-order valence-corrected chi connectivity index (χ2v) is 5.01. The van der Waals surface area contributed by atoms with Crippen LogP contribution >= 0.6 is 12.4 Å². The van der Waals surface area contributed by atoms with Crippen LogP contribution in [0.4, 0.5) is 0 Å². The van der Waals surface area contributed by atoms with E-state index < -0.39 is 0 Å². The van der Waals surface area contributed by atoms with Gasteiger partial charge in [-0.1, -0.05) is 0 Å². The molecule has 1 aliphatic heterocycles. The minimum Gasteiger partial charge on any atom is -0.465 e. The first-order valence-electron chi connectivity index (χ1n) is 6.71. The maximum absolute atomic E-state index is 11.5. The number of methoxy groups -OCH3 is 1. The molecule has 1 N–H and O–H groups in total. The number of nitrogens with one attached hydrogen (secondary N) is 1. The minimum absolute atomic E-state index is 0. The van der Waals surface area contributed by atoms with Gasteiger partial charge in [0.2, 0.25) is 0 Å². The number of rotatable bonds is 4. The third kappa shape index (κ3) is 3.98. The summed E-state index contributed by atoms with van der Waals surface area (Å²) in [4.78, 5) is 13.9. The van der Waals surface area contributed by atoms with Crippen molar-refractivity contribution in [2.75, 3.05) is 27.2 Å². The molecule has 0 saturated carbocycles. The fourth-order valence-electron chi connectivity index (χ4n) is 2.53. The van der Waals surface area contributed by atoms with Gasteiger partial charge in [-0.25, -0.2) is 4.79 Å². The van der Waals surface area contributed by atoms with Crippen LogP contribution in [0, 0.1) is 6.92 Å². The lowest BCUT2D eigenvalue weighted by Gasteiger charge is -2.30. The van der Waals surface area contributed by atoms with Gasteiger partial charge in [-0.05, 0) is 32.9 Å². The molecule has 0 radical (unpaired) electrons. The number of halogens is 1. The molecule has 114 valence electrons. The fraction of sp³-hybridized carbons (Fsp3) is 0.643. The molecule has 1 aliphatic rings. The minimum atomic E-state index is -0.332. The van der Waals surface area contributed by atoms with Gasteiger partial charge in [0, 0.05) is 19.1 Å². The second kappa shape index (κ2) is 7.67. The normalized spacial score (nSPS) is 16.8. The van der Waals surface area contributed by atoms with Crippen LogP contribution < -0.4 is 5.32 Å². The number of carbonyl (C=O) groups is 1. The van der Waals surface area contributed by atoms with Gasteiger partial charge >= 0.3 is 5.97 Å². The Morgan fingerprint density at radius 3 is 2.70 bits per heavy atom. The molecule has 0 bridgehead atoms. The van der Waals surface area contributed by atoms with Crippen molar-refractivity contribution in [2.45, 2.75) is 32.4 Å². The Hall–Kier alpha value is -1.04.